The first kappa shape index (κ1) is 21.2. The third-order valence-corrected chi connectivity index (χ3v) is 5.56. The molecule has 3 heterocycles. The van der Waals surface area contributed by atoms with Crippen molar-refractivity contribution in [2.75, 3.05) is 19.5 Å². The minimum absolute atomic E-state index is 0.0889. The maximum Gasteiger partial charge on any atom is 0.337 e. The molecule has 162 valence electrons. The number of carbonyl (C=O) groups is 3. The molecule has 0 atom stereocenters. The number of nitrogens with zero attached hydrogens (tertiary/aromatic N) is 2. The van der Waals surface area contributed by atoms with Crippen LogP contribution in [0, 0.1) is 6.92 Å². The number of amides is 1. The van der Waals surface area contributed by atoms with Crippen molar-refractivity contribution in [1.29, 1.82) is 0 Å². The van der Waals surface area contributed by atoms with Crippen LogP contribution in [0.5, 0.6) is 0 Å². The highest BCUT2D eigenvalue weighted by atomic mass is 32.1. The molecule has 1 aromatic carbocycles. The number of esters is 2. The molecule has 0 unspecified atom stereocenters. The second kappa shape index (κ2) is 8.60. The van der Waals surface area contributed by atoms with Gasteiger partial charge in [-0.05, 0) is 42.6 Å². The molecule has 10 heteroatoms. The Kier molecular flexibility index (Phi) is 5.69. The number of hydrogen-bond acceptors (Lipinski definition) is 9. The van der Waals surface area contributed by atoms with Gasteiger partial charge in [0.2, 0.25) is 0 Å². The Labute approximate surface area is 186 Å². The third kappa shape index (κ3) is 3.95. The maximum atomic E-state index is 13.3. The largest absolute Gasteiger partial charge is 0.465 e. The van der Waals surface area contributed by atoms with Crippen LogP contribution in [-0.2, 0) is 9.47 Å². The molecule has 0 aliphatic carbocycles. The number of anilines is 1. The zero-order valence-corrected chi connectivity index (χ0v) is 18.1. The first-order chi connectivity index (χ1) is 15.4. The van der Waals surface area contributed by atoms with Gasteiger partial charge < -0.3 is 19.3 Å². The number of hydrogen-bond donors (Lipinski definition) is 1. The highest BCUT2D eigenvalue weighted by Crippen LogP contribution is 2.30. The van der Waals surface area contributed by atoms with Crippen molar-refractivity contribution in [2.24, 2.45) is 0 Å². The zero-order valence-electron chi connectivity index (χ0n) is 17.3. The van der Waals surface area contributed by atoms with Crippen LogP contribution < -0.4 is 5.32 Å². The molecule has 4 aromatic rings. The smallest absolute Gasteiger partial charge is 0.337 e. The van der Waals surface area contributed by atoms with Gasteiger partial charge in [-0.1, -0.05) is 11.2 Å². The summed E-state index contributed by atoms with van der Waals surface area (Å²) in [7, 11) is 2.44. The summed E-state index contributed by atoms with van der Waals surface area (Å²) in [5.41, 5.74) is 1.99. The van der Waals surface area contributed by atoms with Crippen LogP contribution in [0.15, 0.2) is 46.3 Å². The van der Waals surface area contributed by atoms with E-state index in [0.717, 1.165) is 4.88 Å². The van der Waals surface area contributed by atoms with Gasteiger partial charge >= 0.3 is 11.9 Å². The fraction of sp³-hybridized carbons (Fsp3) is 0.136. The summed E-state index contributed by atoms with van der Waals surface area (Å²) in [6.45, 7) is 1.71. The Morgan fingerprint density at radius 3 is 2.31 bits per heavy atom. The van der Waals surface area contributed by atoms with Crippen molar-refractivity contribution in [3.63, 3.8) is 0 Å². The van der Waals surface area contributed by atoms with E-state index in [4.69, 9.17) is 14.0 Å². The topological polar surface area (TPSA) is 121 Å². The van der Waals surface area contributed by atoms with E-state index in [1.807, 2.05) is 17.5 Å². The molecule has 0 aliphatic rings. The van der Waals surface area contributed by atoms with E-state index < -0.39 is 17.8 Å². The highest BCUT2D eigenvalue weighted by molar-refractivity contribution is 7.13. The molecule has 0 saturated heterocycles. The number of benzene rings is 1. The molecule has 32 heavy (non-hydrogen) atoms. The SMILES string of the molecule is COC(=O)c1cc(NC(=O)c2cc(-c3cccs3)nc3onc(C)c23)cc(C(=O)OC)c1. The summed E-state index contributed by atoms with van der Waals surface area (Å²) in [6.07, 6.45) is 0. The normalized spacial score (nSPS) is 10.7. The molecular weight excluding hydrogens is 434 g/mol. The quantitative estimate of drug-likeness (QED) is 0.451. The van der Waals surface area contributed by atoms with Crippen LogP contribution in [0.4, 0.5) is 5.69 Å². The van der Waals surface area contributed by atoms with Gasteiger partial charge in [0.1, 0.15) is 0 Å². The van der Waals surface area contributed by atoms with E-state index in [-0.39, 0.29) is 22.5 Å². The minimum Gasteiger partial charge on any atom is -0.465 e. The van der Waals surface area contributed by atoms with Gasteiger partial charge in [0.05, 0.1) is 52.6 Å². The van der Waals surface area contributed by atoms with Crippen LogP contribution >= 0.6 is 11.3 Å². The Morgan fingerprint density at radius 2 is 1.72 bits per heavy atom. The standard InChI is InChI=1S/C22H17N3O6S/c1-11-18-15(10-16(17-5-4-6-32-17)24-20(18)31-25-11)19(26)23-14-8-12(21(27)29-2)7-13(9-14)22(28)30-3/h4-10H,1-3H3,(H,23,26). The summed E-state index contributed by atoms with van der Waals surface area (Å²) < 4.78 is 14.8. The van der Waals surface area contributed by atoms with Gasteiger partial charge in [-0.15, -0.1) is 11.3 Å². The van der Waals surface area contributed by atoms with Gasteiger partial charge in [0.15, 0.2) is 0 Å². The van der Waals surface area contributed by atoms with Crippen molar-refractivity contribution in [3.8, 4) is 10.6 Å². The van der Waals surface area contributed by atoms with Crippen molar-refractivity contribution < 1.29 is 28.4 Å². The van der Waals surface area contributed by atoms with Crippen LogP contribution in [-0.4, -0.2) is 42.2 Å². The first-order valence-corrected chi connectivity index (χ1v) is 10.2. The molecule has 0 radical (unpaired) electrons. The lowest BCUT2D eigenvalue weighted by atomic mass is 10.1. The number of carbonyl (C=O) groups excluding carboxylic acids is 3. The highest BCUT2D eigenvalue weighted by Gasteiger charge is 2.21. The average molecular weight is 451 g/mol. The lowest BCUT2D eigenvalue weighted by Gasteiger charge is -2.11. The van der Waals surface area contributed by atoms with Gasteiger partial charge in [0.25, 0.3) is 11.6 Å². The molecule has 0 bridgehead atoms. The van der Waals surface area contributed by atoms with Crippen LogP contribution in [0.3, 0.4) is 0 Å². The molecule has 3 aromatic heterocycles. The van der Waals surface area contributed by atoms with E-state index >= 15 is 0 Å². The van der Waals surface area contributed by atoms with E-state index in [0.29, 0.717) is 22.3 Å². The minimum atomic E-state index is -0.660. The van der Waals surface area contributed by atoms with Crippen molar-refractivity contribution in [2.45, 2.75) is 6.92 Å². The Bertz CT molecular complexity index is 1310. The summed E-state index contributed by atoms with van der Waals surface area (Å²) in [4.78, 5) is 42.6. The second-order valence-electron chi connectivity index (χ2n) is 6.72. The first-order valence-electron chi connectivity index (χ1n) is 9.35. The number of nitrogens with one attached hydrogen (secondary N) is 1. The van der Waals surface area contributed by atoms with E-state index in [1.54, 1.807) is 13.0 Å². The Balaban J connectivity index is 1.78. The zero-order chi connectivity index (χ0) is 22.8. The lowest BCUT2D eigenvalue weighted by Crippen LogP contribution is -2.15. The van der Waals surface area contributed by atoms with E-state index in [2.05, 4.69) is 15.5 Å². The van der Waals surface area contributed by atoms with Crippen molar-refractivity contribution >= 4 is 46.0 Å². The molecular formula is C22H17N3O6S. The van der Waals surface area contributed by atoms with Crippen molar-refractivity contribution in [3.05, 3.63) is 64.2 Å². The monoisotopic (exact) mass is 451 g/mol. The Morgan fingerprint density at radius 1 is 1.03 bits per heavy atom. The number of thiophene rings is 1. The van der Waals surface area contributed by atoms with Crippen LogP contribution in [0.25, 0.3) is 21.7 Å². The van der Waals surface area contributed by atoms with Gasteiger partial charge in [-0.3, -0.25) is 4.79 Å². The number of methoxy groups -OCH3 is 2. The molecule has 1 N–H and O–H groups in total. The predicted octanol–water partition coefficient (Wildman–Crippen LogP) is 4.09. The molecule has 0 saturated carbocycles. The number of fused-ring (bicyclic) bond motifs is 1. The van der Waals surface area contributed by atoms with E-state index in [9.17, 15) is 14.4 Å². The fourth-order valence-electron chi connectivity index (χ4n) is 3.19. The molecule has 0 aliphatic heterocycles. The number of aromatic nitrogens is 2. The number of ether oxygens (including phenoxy) is 2. The van der Waals surface area contributed by atoms with Gasteiger partial charge in [-0.25, -0.2) is 14.6 Å². The summed E-state index contributed by atoms with van der Waals surface area (Å²) in [5, 5.41) is 9.03. The van der Waals surface area contributed by atoms with Crippen molar-refractivity contribution in [1.82, 2.24) is 10.1 Å². The van der Waals surface area contributed by atoms with Crippen LogP contribution in [0.1, 0.15) is 36.8 Å². The van der Waals surface area contributed by atoms with E-state index in [1.165, 1.54) is 43.8 Å². The summed E-state index contributed by atoms with van der Waals surface area (Å²) >= 11 is 1.47. The summed E-state index contributed by atoms with van der Waals surface area (Å²) in [5.74, 6) is -1.81. The van der Waals surface area contributed by atoms with Crippen LogP contribution in [0.2, 0.25) is 0 Å². The predicted molar refractivity (Wildman–Crippen MR) is 117 cm³/mol. The summed E-state index contributed by atoms with van der Waals surface area (Å²) in [6, 6.07) is 9.57. The third-order valence-electron chi connectivity index (χ3n) is 4.67. The maximum absolute atomic E-state index is 13.3. The van der Waals surface area contributed by atoms with Gasteiger partial charge in [-0.2, -0.15) is 0 Å². The number of rotatable bonds is 5. The second-order valence-corrected chi connectivity index (χ2v) is 7.66. The molecule has 4 rings (SSSR count). The Hall–Kier alpha value is -4.05. The molecule has 0 fully saturated rings. The van der Waals surface area contributed by atoms with Gasteiger partial charge in [0, 0.05) is 5.69 Å². The molecule has 0 spiro atoms. The average Bonchev–Trinajstić information content (AvgIpc) is 3.47. The molecule has 9 nitrogen and oxygen atoms in total. The number of aryl methyl sites for hydroxylation is 1. The molecule has 1 amide bonds. The number of pyridine rings is 1. The lowest BCUT2D eigenvalue weighted by molar-refractivity contribution is 0.0599. The fourth-order valence-corrected chi connectivity index (χ4v) is 3.88.